The number of hydrogen-bond donors (Lipinski definition) is 1. The van der Waals surface area contributed by atoms with E-state index in [0.29, 0.717) is 6.61 Å². The highest BCUT2D eigenvalue weighted by molar-refractivity contribution is 5.38. The molecule has 0 amide bonds. The fourth-order valence-corrected chi connectivity index (χ4v) is 2.09. The van der Waals surface area contributed by atoms with Gasteiger partial charge in [-0.3, -0.25) is 0 Å². The van der Waals surface area contributed by atoms with Crippen LogP contribution in [0.2, 0.25) is 0 Å². The van der Waals surface area contributed by atoms with Crippen LogP contribution in [0.3, 0.4) is 0 Å². The maximum absolute atomic E-state index is 5.98. The van der Waals surface area contributed by atoms with Crippen LogP contribution in [-0.4, -0.2) is 14.8 Å². The van der Waals surface area contributed by atoms with E-state index < -0.39 is 0 Å². The van der Waals surface area contributed by atoms with Crippen molar-refractivity contribution in [2.75, 3.05) is 0 Å². The van der Waals surface area contributed by atoms with Crippen molar-refractivity contribution in [3.8, 4) is 5.75 Å². The minimum atomic E-state index is -0.0615. The van der Waals surface area contributed by atoms with Gasteiger partial charge < -0.3 is 10.5 Å². The van der Waals surface area contributed by atoms with Crippen LogP contribution >= 0.6 is 0 Å². The number of rotatable bonds is 5. The van der Waals surface area contributed by atoms with Gasteiger partial charge in [-0.1, -0.05) is 12.1 Å². The average molecular weight is 274 g/mol. The van der Waals surface area contributed by atoms with Crippen molar-refractivity contribution in [3.05, 3.63) is 41.5 Å². The Morgan fingerprint density at radius 1 is 1.30 bits per heavy atom. The van der Waals surface area contributed by atoms with E-state index in [0.717, 1.165) is 22.7 Å². The summed E-state index contributed by atoms with van der Waals surface area (Å²) in [6.45, 7) is 8.51. The standard InChI is InChI=1S/C15H22N4O/c1-10(2)19-15(17-9-18-19)8-20-14-7-11(3)5-6-13(14)12(4)16/h5-7,9-10,12H,8,16H2,1-4H3. The molecule has 1 heterocycles. The smallest absolute Gasteiger partial charge is 0.165 e. The third-order valence-electron chi connectivity index (χ3n) is 3.15. The van der Waals surface area contributed by atoms with Crippen molar-refractivity contribution in [2.45, 2.75) is 46.4 Å². The average Bonchev–Trinajstić information content (AvgIpc) is 2.84. The molecule has 5 heteroatoms. The zero-order valence-electron chi connectivity index (χ0n) is 12.5. The van der Waals surface area contributed by atoms with Gasteiger partial charge in [-0.25, -0.2) is 9.67 Å². The Hall–Kier alpha value is -1.88. The molecule has 0 spiro atoms. The van der Waals surface area contributed by atoms with Gasteiger partial charge in [-0.2, -0.15) is 5.10 Å². The first-order valence-corrected chi connectivity index (χ1v) is 6.86. The molecular formula is C15H22N4O. The monoisotopic (exact) mass is 274 g/mol. The summed E-state index contributed by atoms with van der Waals surface area (Å²) < 4.78 is 7.77. The van der Waals surface area contributed by atoms with Crippen LogP contribution in [0.15, 0.2) is 24.5 Å². The van der Waals surface area contributed by atoms with E-state index in [1.165, 1.54) is 0 Å². The highest BCUT2D eigenvalue weighted by atomic mass is 16.5. The lowest BCUT2D eigenvalue weighted by Crippen LogP contribution is -2.12. The number of benzene rings is 1. The predicted octanol–water partition coefficient (Wildman–Crippen LogP) is 2.77. The van der Waals surface area contributed by atoms with Crippen LogP contribution in [0, 0.1) is 6.92 Å². The summed E-state index contributed by atoms with van der Waals surface area (Å²) in [6, 6.07) is 6.27. The second kappa shape index (κ2) is 6.05. The summed E-state index contributed by atoms with van der Waals surface area (Å²) in [4.78, 5) is 4.25. The number of ether oxygens (including phenoxy) is 1. The lowest BCUT2D eigenvalue weighted by Gasteiger charge is -2.15. The van der Waals surface area contributed by atoms with Crippen LogP contribution < -0.4 is 10.5 Å². The molecule has 0 bridgehead atoms. The molecule has 5 nitrogen and oxygen atoms in total. The van der Waals surface area contributed by atoms with Crippen LogP contribution in [0.5, 0.6) is 5.75 Å². The van der Waals surface area contributed by atoms with E-state index in [2.05, 4.69) is 23.9 Å². The quantitative estimate of drug-likeness (QED) is 0.910. The maximum Gasteiger partial charge on any atom is 0.165 e. The molecule has 0 aliphatic rings. The van der Waals surface area contributed by atoms with E-state index in [9.17, 15) is 0 Å². The van der Waals surface area contributed by atoms with E-state index in [4.69, 9.17) is 10.5 Å². The normalized spacial score (nSPS) is 12.7. The molecule has 0 saturated carbocycles. The highest BCUT2D eigenvalue weighted by Crippen LogP contribution is 2.25. The third kappa shape index (κ3) is 3.17. The van der Waals surface area contributed by atoms with Crippen LogP contribution in [-0.2, 0) is 6.61 Å². The fraction of sp³-hybridized carbons (Fsp3) is 0.467. The van der Waals surface area contributed by atoms with E-state index in [-0.39, 0.29) is 12.1 Å². The Labute approximate surface area is 119 Å². The van der Waals surface area contributed by atoms with Gasteiger partial charge in [-0.15, -0.1) is 0 Å². The number of nitrogens with zero attached hydrogens (tertiary/aromatic N) is 3. The van der Waals surface area contributed by atoms with Crippen LogP contribution in [0.1, 0.15) is 49.8 Å². The Balaban J connectivity index is 2.18. The Morgan fingerprint density at radius 2 is 2.05 bits per heavy atom. The first-order chi connectivity index (χ1) is 9.49. The van der Waals surface area contributed by atoms with Crippen molar-refractivity contribution in [1.82, 2.24) is 14.8 Å². The molecule has 20 heavy (non-hydrogen) atoms. The molecule has 0 radical (unpaired) electrons. The molecule has 0 aliphatic heterocycles. The first kappa shape index (κ1) is 14.5. The van der Waals surface area contributed by atoms with Gasteiger partial charge in [0, 0.05) is 17.6 Å². The van der Waals surface area contributed by atoms with E-state index >= 15 is 0 Å². The topological polar surface area (TPSA) is 66.0 Å². The van der Waals surface area contributed by atoms with E-state index in [1.807, 2.05) is 36.7 Å². The van der Waals surface area contributed by atoms with Crippen molar-refractivity contribution < 1.29 is 4.74 Å². The molecule has 1 aromatic carbocycles. The predicted molar refractivity (Wildman–Crippen MR) is 78.5 cm³/mol. The molecule has 108 valence electrons. The van der Waals surface area contributed by atoms with Crippen LogP contribution in [0.25, 0.3) is 0 Å². The van der Waals surface area contributed by atoms with Gasteiger partial charge in [0.15, 0.2) is 5.82 Å². The Kier molecular flexibility index (Phi) is 4.39. The fourth-order valence-electron chi connectivity index (χ4n) is 2.09. The lowest BCUT2D eigenvalue weighted by molar-refractivity contribution is 0.278. The number of aryl methyl sites for hydroxylation is 1. The van der Waals surface area contributed by atoms with Crippen molar-refractivity contribution >= 4 is 0 Å². The Morgan fingerprint density at radius 3 is 2.70 bits per heavy atom. The van der Waals surface area contributed by atoms with Crippen LogP contribution in [0.4, 0.5) is 0 Å². The SMILES string of the molecule is Cc1ccc(C(C)N)c(OCc2ncnn2C(C)C)c1. The minimum absolute atomic E-state index is 0.0615. The summed E-state index contributed by atoms with van der Waals surface area (Å²) >= 11 is 0. The van der Waals surface area contributed by atoms with Gasteiger partial charge in [0.05, 0.1) is 0 Å². The van der Waals surface area contributed by atoms with Gasteiger partial charge in [0.25, 0.3) is 0 Å². The number of hydrogen-bond acceptors (Lipinski definition) is 4. The second-order valence-corrected chi connectivity index (χ2v) is 5.33. The van der Waals surface area contributed by atoms with Gasteiger partial charge >= 0.3 is 0 Å². The van der Waals surface area contributed by atoms with Crippen molar-refractivity contribution in [1.29, 1.82) is 0 Å². The summed E-state index contributed by atoms with van der Waals surface area (Å²) in [5.74, 6) is 1.63. The number of nitrogens with two attached hydrogens (primary N) is 1. The second-order valence-electron chi connectivity index (χ2n) is 5.33. The van der Waals surface area contributed by atoms with Crippen molar-refractivity contribution in [2.24, 2.45) is 5.73 Å². The molecule has 2 N–H and O–H groups in total. The zero-order valence-corrected chi connectivity index (χ0v) is 12.5. The molecule has 0 aliphatic carbocycles. The summed E-state index contributed by atoms with van der Waals surface area (Å²) in [5, 5.41) is 4.20. The molecule has 1 atom stereocenters. The molecule has 0 saturated heterocycles. The molecular weight excluding hydrogens is 252 g/mol. The van der Waals surface area contributed by atoms with Crippen molar-refractivity contribution in [3.63, 3.8) is 0 Å². The number of aromatic nitrogens is 3. The maximum atomic E-state index is 5.98. The zero-order chi connectivity index (χ0) is 14.7. The summed E-state index contributed by atoms with van der Waals surface area (Å²) in [6.07, 6.45) is 1.56. The van der Waals surface area contributed by atoms with E-state index in [1.54, 1.807) is 6.33 Å². The molecule has 0 fully saturated rings. The van der Waals surface area contributed by atoms with Gasteiger partial charge in [0.1, 0.15) is 18.7 Å². The third-order valence-corrected chi connectivity index (χ3v) is 3.15. The molecule has 2 rings (SSSR count). The highest BCUT2D eigenvalue weighted by Gasteiger charge is 2.12. The molecule has 1 aromatic heterocycles. The molecule has 1 unspecified atom stereocenters. The molecule has 2 aromatic rings. The first-order valence-electron chi connectivity index (χ1n) is 6.86. The Bertz CT molecular complexity index is 575. The lowest BCUT2D eigenvalue weighted by atomic mass is 10.1. The summed E-state index contributed by atoms with van der Waals surface area (Å²) in [7, 11) is 0. The summed E-state index contributed by atoms with van der Waals surface area (Å²) in [5.41, 5.74) is 8.13. The van der Waals surface area contributed by atoms with Gasteiger partial charge in [-0.05, 0) is 39.3 Å². The van der Waals surface area contributed by atoms with Gasteiger partial charge in [0.2, 0.25) is 0 Å². The minimum Gasteiger partial charge on any atom is -0.485 e. The largest absolute Gasteiger partial charge is 0.485 e.